The van der Waals surface area contributed by atoms with Crippen LogP contribution in [0, 0.1) is 6.08 Å². The number of halogens is 3. The van der Waals surface area contributed by atoms with E-state index in [1.165, 1.54) is 12.1 Å². The second-order valence-electron chi connectivity index (χ2n) is 9.27. The first-order valence-corrected chi connectivity index (χ1v) is 13.6. The van der Waals surface area contributed by atoms with Crippen LogP contribution in [-0.2, 0) is 10.1 Å². The number of allylic oxidation sites excluding steroid dienone is 2. The minimum atomic E-state index is -5.86. The summed E-state index contributed by atoms with van der Waals surface area (Å²) in [6.45, 7) is 0. The molecule has 6 aromatic rings. The summed E-state index contributed by atoms with van der Waals surface area (Å²) in [5, 5.41) is 1.59. The Labute approximate surface area is 226 Å². The fourth-order valence-electron chi connectivity index (χ4n) is 5.15. The number of fused-ring (bicyclic) bond motifs is 6. The van der Waals surface area contributed by atoms with Gasteiger partial charge in [0.2, 0.25) is 0 Å². The number of furan rings is 1. The van der Waals surface area contributed by atoms with Crippen LogP contribution in [0.3, 0.4) is 0 Å². The number of hydrogen-bond acceptors (Lipinski definition) is 4. The molecular weight excluding hydrogens is 539 g/mol. The zero-order valence-corrected chi connectivity index (χ0v) is 21.3. The number of aromatic nitrogens is 1. The van der Waals surface area contributed by atoms with Crippen LogP contribution in [-0.4, -0.2) is 18.5 Å². The van der Waals surface area contributed by atoms with Crippen molar-refractivity contribution in [1.82, 2.24) is 4.57 Å². The number of benzene rings is 4. The van der Waals surface area contributed by atoms with Gasteiger partial charge in [0.25, 0.3) is 0 Å². The van der Waals surface area contributed by atoms with E-state index >= 15 is 0 Å². The van der Waals surface area contributed by atoms with Gasteiger partial charge in [-0.25, -0.2) is 0 Å². The maximum absolute atomic E-state index is 13.1. The maximum atomic E-state index is 13.1. The molecule has 196 valence electrons. The largest absolute Gasteiger partial charge is 0.534 e. The van der Waals surface area contributed by atoms with Gasteiger partial charge < -0.3 is 8.60 Å². The average Bonchev–Trinajstić information content (AvgIpc) is 3.48. The van der Waals surface area contributed by atoms with Gasteiger partial charge in [0, 0.05) is 16.8 Å². The molecule has 0 atom stereocenters. The van der Waals surface area contributed by atoms with Gasteiger partial charge in [0.15, 0.2) is 11.4 Å². The van der Waals surface area contributed by atoms with Crippen molar-refractivity contribution in [3.63, 3.8) is 0 Å². The van der Waals surface area contributed by atoms with E-state index in [4.69, 9.17) is 4.42 Å². The van der Waals surface area contributed by atoms with Gasteiger partial charge in [-0.15, -0.1) is 0 Å². The predicted molar refractivity (Wildman–Crippen MR) is 148 cm³/mol. The molecule has 0 aliphatic heterocycles. The highest BCUT2D eigenvalue weighted by Crippen LogP contribution is 2.41. The number of hydrogen-bond donors (Lipinski definition) is 0. The lowest BCUT2D eigenvalue weighted by molar-refractivity contribution is -0.0499. The Balaban J connectivity index is 1.40. The molecular formula is C31H17F3NO4S+. The van der Waals surface area contributed by atoms with Crippen molar-refractivity contribution in [1.29, 1.82) is 0 Å². The fraction of sp³-hybridized carbons (Fsp3) is 0.0323. The Hall–Kier alpha value is -4.85. The lowest BCUT2D eigenvalue weighted by Crippen LogP contribution is -2.28. The van der Waals surface area contributed by atoms with Gasteiger partial charge in [0.05, 0.1) is 22.7 Å². The topological polar surface area (TPSA) is 61.4 Å². The van der Waals surface area contributed by atoms with Crippen LogP contribution < -0.4 is 4.18 Å². The van der Waals surface area contributed by atoms with Crippen molar-refractivity contribution in [2.75, 3.05) is 0 Å². The molecule has 1 aliphatic rings. The average molecular weight is 557 g/mol. The standard InChI is InChI=1S/C31H17F3NO4S/c32-31(33,34)40(36,37)39-29-12-6-11-28-30(29)24-18-20(14-16-27(24)38-28)19-13-15-26-23(17-19)22-9-4-5-10-25(22)35(26)21-7-2-1-3-8-21/h1-4,6-18H/q+1. The highest BCUT2D eigenvalue weighted by molar-refractivity contribution is 7.88. The van der Waals surface area contributed by atoms with Crippen molar-refractivity contribution in [2.24, 2.45) is 0 Å². The van der Waals surface area contributed by atoms with Crippen LogP contribution in [0.25, 0.3) is 61.8 Å². The molecule has 40 heavy (non-hydrogen) atoms. The molecule has 0 unspecified atom stereocenters. The molecule has 1 aliphatic carbocycles. The summed E-state index contributed by atoms with van der Waals surface area (Å²) < 4.78 is 75.2. The van der Waals surface area contributed by atoms with Crippen LogP contribution in [0.1, 0.15) is 11.3 Å². The molecule has 0 radical (unpaired) electrons. The zero-order chi connectivity index (χ0) is 27.6. The Bertz CT molecular complexity index is 2140. The third-order valence-corrected chi connectivity index (χ3v) is 7.86. The number of nitrogens with zero attached hydrogens (tertiary/aromatic N) is 1. The van der Waals surface area contributed by atoms with Gasteiger partial charge in [-0.3, -0.25) is 4.57 Å². The van der Waals surface area contributed by atoms with Gasteiger partial charge in [-0.05, 0) is 59.7 Å². The third kappa shape index (κ3) is 3.71. The van der Waals surface area contributed by atoms with Gasteiger partial charge in [-0.1, -0.05) is 36.4 Å². The molecule has 0 saturated carbocycles. The minimum Gasteiger partial charge on any atom is -0.456 e. The van der Waals surface area contributed by atoms with E-state index in [0.29, 0.717) is 11.0 Å². The van der Waals surface area contributed by atoms with E-state index in [-0.39, 0.29) is 11.0 Å². The predicted octanol–water partition coefficient (Wildman–Crippen LogP) is 8.27. The van der Waals surface area contributed by atoms with E-state index in [2.05, 4.69) is 20.9 Å². The normalized spacial score (nSPS) is 13.2. The summed E-state index contributed by atoms with van der Waals surface area (Å²) in [4.78, 5) is 0. The highest BCUT2D eigenvalue weighted by atomic mass is 32.2. The van der Waals surface area contributed by atoms with Gasteiger partial charge >= 0.3 is 15.6 Å². The molecule has 0 N–H and O–H groups in total. The minimum absolute atomic E-state index is 0.143. The van der Waals surface area contributed by atoms with Crippen molar-refractivity contribution in [3.05, 3.63) is 108 Å². The number of alkyl halides is 3. The maximum Gasteiger partial charge on any atom is 0.534 e. The molecule has 0 bridgehead atoms. The molecule has 0 spiro atoms. The number of rotatable bonds is 4. The van der Waals surface area contributed by atoms with Crippen LogP contribution in [0.4, 0.5) is 13.2 Å². The van der Waals surface area contributed by atoms with Crippen LogP contribution in [0.2, 0.25) is 0 Å². The summed E-state index contributed by atoms with van der Waals surface area (Å²) >= 11 is 0. The zero-order valence-electron chi connectivity index (χ0n) is 20.4. The Morgan fingerprint density at radius 1 is 0.825 bits per heavy atom. The van der Waals surface area contributed by atoms with E-state index in [1.807, 2.05) is 66.8 Å². The SMILES string of the molecule is O=S(=O)(Oc1cccc2oc3ccc(-c4ccc5c(c4)c4c(n5-c5ccccc5)C=[C+]C=C4)cc3c12)C(F)(F)F. The summed E-state index contributed by atoms with van der Waals surface area (Å²) in [5.41, 5.74) is 0.739. The first-order valence-electron chi connectivity index (χ1n) is 12.2. The first kappa shape index (κ1) is 24.2. The summed E-state index contributed by atoms with van der Waals surface area (Å²) in [6, 6.07) is 25.5. The molecule has 2 heterocycles. The fourth-order valence-corrected chi connectivity index (χ4v) is 5.62. The molecule has 9 heteroatoms. The first-order chi connectivity index (χ1) is 19.2. The Kier molecular flexibility index (Phi) is 5.19. The second kappa shape index (κ2) is 8.58. The van der Waals surface area contributed by atoms with E-state index in [1.54, 1.807) is 18.2 Å². The number of para-hydroxylation sites is 1. The molecule has 0 fully saturated rings. The molecule has 0 saturated heterocycles. The third-order valence-electron chi connectivity index (χ3n) is 6.90. The van der Waals surface area contributed by atoms with Crippen LogP contribution in [0.5, 0.6) is 5.75 Å². The van der Waals surface area contributed by atoms with Crippen LogP contribution in [0.15, 0.2) is 95.4 Å². The van der Waals surface area contributed by atoms with Crippen LogP contribution >= 0.6 is 0 Å². The Morgan fingerprint density at radius 2 is 1.57 bits per heavy atom. The van der Waals surface area contributed by atoms with E-state index in [9.17, 15) is 21.6 Å². The molecule has 0 amide bonds. The molecule has 4 aromatic carbocycles. The smallest absolute Gasteiger partial charge is 0.456 e. The molecule has 7 rings (SSSR count). The summed E-state index contributed by atoms with van der Waals surface area (Å²) in [5.74, 6) is -0.455. The summed E-state index contributed by atoms with van der Waals surface area (Å²) in [6.07, 6.45) is 8.99. The van der Waals surface area contributed by atoms with E-state index < -0.39 is 21.4 Å². The van der Waals surface area contributed by atoms with Crippen molar-refractivity contribution in [3.8, 4) is 22.6 Å². The van der Waals surface area contributed by atoms with Crippen molar-refractivity contribution >= 4 is 55.1 Å². The summed E-state index contributed by atoms with van der Waals surface area (Å²) in [7, 11) is -5.86. The van der Waals surface area contributed by atoms with E-state index in [0.717, 1.165) is 39.0 Å². The monoisotopic (exact) mass is 556 g/mol. The lowest BCUT2D eigenvalue weighted by Gasteiger charge is -2.10. The van der Waals surface area contributed by atoms with Crippen molar-refractivity contribution < 1.29 is 30.2 Å². The molecule has 5 nitrogen and oxygen atoms in total. The van der Waals surface area contributed by atoms with Crippen molar-refractivity contribution in [2.45, 2.75) is 5.51 Å². The second-order valence-corrected chi connectivity index (χ2v) is 10.8. The van der Waals surface area contributed by atoms with Gasteiger partial charge in [-0.2, -0.15) is 21.6 Å². The van der Waals surface area contributed by atoms with Gasteiger partial charge in [0.1, 0.15) is 28.9 Å². The lowest BCUT2D eigenvalue weighted by atomic mass is 9.99. The quantitative estimate of drug-likeness (QED) is 0.125. The molecule has 2 aromatic heterocycles. The highest BCUT2D eigenvalue weighted by Gasteiger charge is 2.48. The Morgan fingerprint density at radius 3 is 2.35 bits per heavy atom.